The highest BCUT2D eigenvalue weighted by atomic mass is 16.4. The van der Waals surface area contributed by atoms with Crippen LogP contribution in [0, 0.1) is 0 Å². The van der Waals surface area contributed by atoms with Crippen LogP contribution < -0.4 is 5.32 Å². The van der Waals surface area contributed by atoms with Gasteiger partial charge in [-0.3, -0.25) is 10.00 Å². The molecule has 5 nitrogen and oxygen atoms in total. The fraction of sp³-hybridized carbons (Fsp3) is 0.111. The van der Waals surface area contributed by atoms with E-state index in [2.05, 4.69) is 10.4 Å². The summed E-state index contributed by atoms with van der Waals surface area (Å²) in [4.78, 5) is 10.4. The quantitative estimate of drug-likeness (QED) is 0.720. The number of aromatic nitrogens is 2. The van der Waals surface area contributed by atoms with E-state index in [9.17, 15) is 4.79 Å². The monoisotopic (exact) mass is 191 g/mol. The van der Waals surface area contributed by atoms with E-state index in [1.54, 1.807) is 22.9 Å². The number of aryl methyl sites for hydroxylation is 1. The van der Waals surface area contributed by atoms with Crippen LogP contribution in [-0.2, 0) is 7.05 Å². The minimum absolute atomic E-state index is 0.554. The zero-order valence-electron chi connectivity index (χ0n) is 7.56. The maximum atomic E-state index is 10.4. The largest absolute Gasteiger partial charge is 0.465 e. The Bertz CT molecular complexity index is 490. The molecule has 0 spiro atoms. The maximum Gasteiger partial charge on any atom is 0.409 e. The summed E-state index contributed by atoms with van der Waals surface area (Å²) in [5.41, 5.74) is 1.40. The highest BCUT2D eigenvalue weighted by Gasteiger charge is 2.01. The normalized spacial score (nSPS) is 10.4. The van der Waals surface area contributed by atoms with Crippen LogP contribution in [0.3, 0.4) is 0 Å². The van der Waals surface area contributed by atoms with E-state index in [0.29, 0.717) is 5.69 Å². The van der Waals surface area contributed by atoms with E-state index in [1.807, 2.05) is 13.2 Å². The molecule has 0 aliphatic rings. The van der Waals surface area contributed by atoms with Crippen molar-refractivity contribution < 1.29 is 9.90 Å². The Morgan fingerprint density at radius 1 is 1.57 bits per heavy atom. The summed E-state index contributed by atoms with van der Waals surface area (Å²) in [5, 5.41) is 15.9. The van der Waals surface area contributed by atoms with Crippen LogP contribution in [0.1, 0.15) is 0 Å². The van der Waals surface area contributed by atoms with Gasteiger partial charge in [-0.2, -0.15) is 5.10 Å². The predicted molar refractivity (Wildman–Crippen MR) is 52.4 cm³/mol. The summed E-state index contributed by atoms with van der Waals surface area (Å²) in [5.74, 6) is 0. The molecular weight excluding hydrogens is 182 g/mol. The fourth-order valence-corrected chi connectivity index (χ4v) is 1.35. The number of fused-ring (bicyclic) bond motifs is 1. The number of amides is 1. The molecule has 0 atom stereocenters. The molecule has 2 N–H and O–H groups in total. The lowest BCUT2D eigenvalue weighted by atomic mass is 10.2. The third-order valence-corrected chi connectivity index (χ3v) is 1.87. The molecule has 1 heterocycles. The van der Waals surface area contributed by atoms with Crippen molar-refractivity contribution >= 4 is 22.7 Å². The van der Waals surface area contributed by atoms with Gasteiger partial charge < -0.3 is 5.11 Å². The standard InChI is InChI=1S/C9H9N3O2/c1-12-5-6-4-7(10-9(13)14)2-3-8(6)11-12/h2-5,10H,1H3,(H,13,14). The number of carboxylic acid groups (broad SMARTS) is 1. The number of hydrogen-bond donors (Lipinski definition) is 2. The smallest absolute Gasteiger partial charge is 0.409 e. The van der Waals surface area contributed by atoms with Gasteiger partial charge in [0.05, 0.1) is 5.52 Å². The Morgan fingerprint density at radius 2 is 2.36 bits per heavy atom. The third kappa shape index (κ3) is 1.52. The van der Waals surface area contributed by atoms with Crippen molar-refractivity contribution in [1.82, 2.24) is 9.78 Å². The number of benzene rings is 1. The molecular formula is C9H9N3O2. The molecule has 0 saturated carbocycles. The van der Waals surface area contributed by atoms with Gasteiger partial charge in [-0.1, -0.05) is 0 Å². The van der Waals surface area contributed by atoms with E-state index in [4.69, 9.17) is 5.11 Å². The van der Waals surface area contributed by atoms with Crippen LogP contribution in [0.2, 0.25) is 0 Å². The van der Waals surface area contributed by atoms with Crippen LogP contribution in [0.25, 0.3) is 10.9 Å². The lowest BCUT2D eigenvalue weighted by Gasteiger charge is -1.98. The van der Waals surface area contributed by atoms with Crippen molar-refractivity contribution in [2.75, 3.05) is 5.32 Å². The number of anilines is 1. The fourth-order valence-electron chi connectivity index (χ4n) is 1.35. The molecule has 2 aromatic rings. The maximum absolute atomic E-state index is 10.4. The van der Waals surface area contributed by atoms with Crippen molar-refractivity contribution in [3.05, 3.63) is 24.4 Å². The van der Waals surface area contributed by atoms with Gasteiger partial charge in [0.15, 0.2) is 0 Å². The Kier molecular flexibility index (Phi) is 1.85. The highest BCUT2D eigenvalue weighted by molar-refractivity contribution is 5.88. The van der Waals surface area contributed by atoms with Crippen molar-refractivity contribution in [2.45, 2.75) is 0 Å². The molecule has 0 bridgehead atoms. The lowest BCUT2D eigenvalue weighted by Crippen LogP contribution is -2.06. The third-order valence-electron chi connectivity index (χ3n) is 1.87. The topological polar surface area (TPSA) is 67.2 Å². The summed E-state index contributed by atoms with van der Waals surface area (Å²) in [6.07, 6.45) is 0.774. The average molecular weight is 191 g/mol. The van der Waals surface area contributed by atoms with Crippen LogP contribution >= 0.6 is 0 Å². The number of nitrogens with zero attached hydrogens (tertiary/aromatic N) is 2. The van der Waals surface area contributed by atoms with Gasteiger partial charge in [0.25, 0.3) is 0 Å². The molecule has 0 saturated heterocycles. The van der Waals surface area contributed by atoms with Crippen LogP contribution in [0.15, 0.2) is 24.4 Å². The number of rotatable bonds is 1. The zero-order valence-corrected chi connectivity index (χ0v) is 7.56. The SMILES string of the molecule is Cn1cc2cc(NC(=O)O)ccc2n1. The van der Waals surface area contributed by atoms with Gasteiger partial charge in [0, 0.05) is 24.3 Å². The molecule has 0 unspecified atom stereocenters. The molecule has 0 aliphatic heterocycles. The Morgan fingerprint density at radius 3 is 3.07 bits per heavy atom. The van der Waals surface area contributed by atoms with Gasteiger partial charge in [0.1, 0.15) is 0 Å². The molecule has 1 amide bonds. The van der Waals surface area contributed by atoms with Gasteiger partial charge >= 0.3 is 6.09 Å². The van der Waals surface area contributed by atoms with Crippen molar-refractivity contribution in [3.8, 4) is 0 Å². The second kappa shape index (κ2) is 3.02. The summed E-state index contributed by atoms with van der Waals surface area (Å²) >= 11 is 0. The van der Waals surface area contributed by atoms with Crippen molar-refractivity contribution in [1.29, 1.82) is 0 Å². The van der Waals surface area contributed by atoms with Gasteiger partial charge in [-0.25, -0.2) is 4.79 Å². The van der Waals surface area contributed by atoms with E-state index >= 15 is 0 Å². The number of nitrogens with one attached hydrogen (secondary N) is 1. The molecule has 0 radical (unpaired) electrons. The first-order valence-corrected chi connectivity index (χ1v) is 4.08. The van der Waals surface area contributed by atoms with E-state index in [-0.39, 0.29) is 0 Å². The highest BCUT2D eigenvalue weighted by Crippen LogP contribution is 2.17. The number of carbonyl (C=O) groups is 1. The average Bonchev–Trinajstić information content (AvgIpc) is 2.42. The molecule has 0 aliphatic carbocycles. The van der Waals surface area contributed by atoms with Crippen molar-refractivity contribution in [2.24, 2.45) is 7.05 Å². The molecule has 1 aromatic carbocycles. The van der Waals surface area contributed by atoms with Gasteiger partial charge in [-0.05, 0) is 18.2 Å². The molecule has 2 rings (SSSR count). The van der Waals surface area contributed by atoms with Crippen LogP contribution in [0.5, 0.6) is 0 Å². The molecule has 14 heavy (non-hydrogen) atoms. The van der Waals surface area contributed by atoms with Crippen molar-refractivity contribution in [3.63, 3.8) is 0 Å². The van der Waals surface area contributed by atoms with E-state index < -0.39 is 6.09 Å². The summed E-state index contributed by atoms with van der Waals surface area (Å²) in [6.45, 7) is 0. The first-order chi connectivity index (χ1) is 6.65. The summed E-state index contributed by atoms with van der Waals surface area (Å²) in [7, 11) is 1.82. The first kappa shape index (κ1) is 8.55. The van der Waals surface area contributed by atoms with Gasteiger partial charge in [-0.15, -0.1) is 0 Å². The minimum atomic E-state index is -1.06. The number of hydrogen-bond acceptors (Lipinski definition) is 2. The summed E-state index contributed by atoms with van der Waals surface area (Å²) in [6, 6.07) is 5.21. The molecule has 72 valence electrons. The van der Waals surface area contributed by atoms with E-state index in [1.165, 1.54) is 0 Å². The van der Waals surface area contributed by atoms with Crippen LogP contribution in [-0.4, -0.2) is 21.0 Å². The lowest BCUT2D eigenvalue weighted by molar-refractivity contribution is 0.210. The molecule has 5 heteroatoms. The molecule has 1 aromatic heterocycles. The first-order valence-electron chi connectivity index (χ1n) is 4.08. The second-order valence-corrected chi connectivity index (χ2v) is 3.01. The van der Waals surface area contributed by atoms with Crippen LogP contribution in [0.4, 0.5) is 10.5 Å². The van der Waals surface area contributed by atoms with E-state index in [0.717, 1.165) is 10.9 Å². The van der Waals surface area contributed by atoms with Gasteiger partial charge in [0.2, 0.25) is 0 Å². The Balaban J connectivity index is 2.45. The molecule has 0 fully saturated rings. The minimum Gasteiger partial charge on any atom is -0.465 e. The Hall–Kier alpha value is -2.04. The zero-order chi connectivity index (χ0) is 10.1. The second-order valence-electron chi connectivity index (χ2n) is 3.01. The summed E-state index contributed by atoms with van der Waals surface area (Å²) < 4.78 is 1.69. The predicted octanol–water partition coefficient (Wildman–Crippen LogP) is 1.66. The Labute approximate surface area is 80.0 Å².